The number of likely N-dealkylation sites (tertiary alicyclic amines) is 1. The van der Waals surface area contributed by atoms with Gasteiger partial charge in [-0.2, -0.15) is 0 Å². The Morgan fingerprint density at radius 1 is 1.11 bits per heavy atom. The Morgan fingerprint density at radius 3 is 2.58 bits per heavy atom. The molecule has 0 unspecified atom stereocenters. The van der Waals surface area contributed by atoms with Gasteiger partial charge in [0.05, 0.1) is 18.6 Å². The third kappa shape index (κ3) is 5.03. The lowest BCUT2D eigenvalue weighted by atomic mass is 9.83. The SMILES string of the molecule is CC(=O)c1cn(C[C@@H]2C[C@H](Oc3ccccc3)CN2C(=O)[C@@H](N)C2CCCCC2)c2ccc(F)cc12. The number of halogens is 1. The number of fused-ring (bicyclic) bond motifs is 1. The van der Waals surface area contributed by atoms with Crippen LogP contribution >= 0.6 is 0 Å². The van der Waals surface area contributed by atoms with Crippen molar-refractivity contribution in [1.29, 1.82) is 0 Å². The summed E-state index contributed by atoms with van der Waals surface area (Å²) in [6.07, 6.45) is 7.69. The maximum Gasteiger partial charge on any atom is 0.240 e. The molecule has 0 radical (unpaired) electrons. The van der Waals surface area contributed by atoms with Crippen LogP contribution in [0.15, 0.2) is 54.7 Å². The van der Waals surface area contributed by atoms with E-state index in [0.717, 1.165) is 36.9 Å². The number of hydrogen-bond acceptors (Lipinski definition) is 4. The largest absolute Gasteiger partial charge is 0.489 e. The van der Waals surface area contributed by atoms with E-state index in [4.69, 9.17) is 10.5 Å². The Hall–Kier alpha value is -3.19. The van der Waals surface area contributed by atoms with E-state index < -0.39 is 6.04 Å². The quantitative estimate of drug-likeness (QED) is 0.475. The molecule has 1 aromatic heterocycles. The van der Waals surface area contributed by atoms with Gasteiger partial charge >= 0.3 is 0 Å². The van der Waals surface area contributed by atoms with Crippen molar-refractivity contribution in [3.63, 3.8) is 0 Å². The molecular formula is C29H34FN3O3. The molecule has 190 valence electrons. The zero-order chi connectivity index (χ0) is 25.2. The first-order valence-electron chi connectivity index (χ1n) is 13.0. The van der Waals surface area contributed by atoms with Crippen LogP contribution in [-0.4, -0.2) is 45.9 Å². The van der Waals surface area contributed by atoms with Crippen molar-refractivity contribution in [1.82, 2.24) is 9.47 Å². The summed E-state index contributed by atoms with van der Waals surface area (Å²) >= 11 is 0. The minimum absolute atomic E-state index is 0.0274. The number of aromatic nitrogens is 1. The highest BCUT2D eigenvalue weighted by molar-refractivity contribution is 6.07. The maximum atomic E-state index is 14.0. The standard InChI is InChI=1S/C29H34FN3O3/c1-19(34)26-18-32(27-13-12-21(30)14-25(26)27)16-22-15-24(36-23-10-6-3-7-11-23)17-33(22)29(35)28(31)20-8-4-2-5-9-20/h3,6-7,10-14,18,20,22,24,28H,2,4-5,8-9,15-17,31H2,1H3/t22-,24-,28-/m0/s1. The summed E-state index contributed by atoms with van der Waals surface area (Å²) < 4.78 is 22.2. The number of para-hydroxylation sites is 1. The minimum Gasteiger partial charge on any atom is -0.489 e. The van der Waals surface area contributed by atoms with Crippen LogP contribution in [0.2, 0.25) is 0 Å². The molecule has 2 heterocycles. The van der Waals surface area contributed by atoms with Gasteiger partial charge in [0, 0.05) is 35.6 Å². The first kappa shape index (κ1) is 24.5. The molecular weight excluding hydrogens is 457 g/mol. The summed E-state index contributed by atoms with van der Waals surface area (Å²) in [5.74, 6) is 0.456. The van der Waals surface area contributed by atoms with Crippen molar-refractivity contribution in [3.8, 4) is 5.75 Å². The monoisotopic (exact) mass is 491 g/mol. The molecule has 0 bridgehead atoms. The number of ketones is 1. The molecule has 2 fully saturated rings. The molecule has 7 heteroatoms. The van der Waals surface area contributed by atoms with Crippen LogP contribution in [0.1, 0.15) is 55.8 Å². The van der Waals surface area contributed by atoms with Crippen LogP contribution < -0.4 is 10.5 Å². The maximum absolute atomic E-state index is 14.0. The fourth-order valence-electron chi connectivity index (χ4n) is 5.91. The molecule has 2 N–H and O–H groups in total. The molecule has 36 heavy (non-hydrogen) atoms. The summed E-state index contributed by atoms with van der Waals surface area (Å²) in [4.78, 5) is 27.9. The van der Waals surface area contributed by atoms with E-state index in [0.29, 0.717) is 30.5 Å². The highest BCUT2D eigenvalue weighted by atomic mass is 19.1. The Bertz CT molecular complexity index is 1240. The smallest absolute Gasteiger partial charge is 0.240 e. The van der Waals surface area contributed by atoms with Gasteiger partial charge in [-0.05, 0) is 56.0 Å². The topological polar surface area (TPSA) is 77.6 Å². The average Bonchev–Trinajstić information content (AvgIpc) is 3.45. The van der Waals surface area contributed by atoms with Gasteiger partial charge in [-0.15, -0.1) is 0 Å². The zero-order valence-electron chi connectivity index (χ0n) is 20.7. The summed E-state index contributed by atoms with van der Waals surface area (Å²) in [5, 5.41) is 0.592. The predicted molar refractivity (Wildman–Crippen MR) is 137 cm³/mol. The van der Waals surface area contributed by atoms with Crippen LogP contribution in [0.4, 0.5) is 4.39 Å². The van der Waals surface area contributed by atoms with Gasteiger partial charge in [0.15, 0.2) is 5.78 Å². The summed E-state index contributed by atoms with van der Waals surface area (Å²) in [6.45, 7) is 2.43. The molecule has 1 amide bonds. The van der Waals surface area contributed by atoms with Crippen molar-refractivity contribution >= 4 is 22.6 Å². The van der Waals surface area contributed by atoms with Crippen LogP contribution in [0.3, 0.4) is 0 Å². The number of nitrogens with zero attached hydrogens (tertiary/aromatic N) is 2. The second-order valence-electron chi connectivity index (χ2n) is 10.3. The number of Topliss-reactive ketones (excluding diaryl/α,β-unsaturated/α-hetero) is 1. The number of carbonyl (C=O) groups is 2. The summed E-state index contributed by atoms with van der Waals surface area (Å²) in [6, 6.07) is 13.5. The van der Waals surface area contributed by atoms with Crippen molar-refractivity contribution in [2.45, 2.75) is 70.2 Å². The van der Waals surface area contributed by atoms with Gasteiger partial charge in [0.25, 0.3) is 0 Å². The van der Waals surface area contributed by atoms with E-state index in [1.165, 1.54) is 25.5 Å². The number of hydrogen-bond donors (Lipinski definition) is 1. The molecule has 1 saturated carbocycles. The highest BCUT2D eigenvalue weighted by Crippen LogP contribution is 2.31. The van der Waals surface area contributed by atoms with Gasteiger partial charge in [-0.3, -0.25) is 9.59 Å². The predicted octanol–water partition coefficient (Wildman–Crippen LogP) is 4.94. The second-order valence-corrected chi connectivity index (χ2v) is 10.3. The lowest BCUT2D eigenvalue weighted by Gasteiger charge is -2.32. The Labute approximate surface area is 211 Å². The Balaban J connectivity index is 1.42. The zero-order valence-corrected chi connectivity index (χ0v) is 20.7. The van der Waals surface area contributed by atoms with Crippen LogP contribution in [0.5, 0.6) is 5.75 Å². The first-order valence-corrected chi connectivity index (χ1v) is 13.0. The Kier molecular flexibility index (Phi) is 7.10. The lowest BCUT2D eigenvalue weighted by molar-refractivity contribution is -0.135. The van der Waals surface area contributed by atoms with Gasteiger partial charge < -0.3 is 19.9 Å². The Morgan fingerprint density at radius 2 is 1.86 bits per heavy atom. The first-order chi connectivity index (χ1) is 17.4. The number of nitrogens with two attached hydrogens (primary N) is 1. The molecule has 5 rings (SSSR count). The molecule has 2 aliphatic rings. The summed E-state index contributed by atoms with van der Waals surface area (Å²) in [5.41, 5.74) is 7.81. The van der Waals surface area contributed by atoms with Crippen molar-refractivity contribution in [3.05, 3.63) is 66.1 Å². The van der Waals surface area contributed by atoms with E-state index >= 15 is 0 Å². The highest BCUT2D eigenvalue weighted by Gasteiger charge is 2.40. The molecule has 2 aromatic carbocycles. The third-order valence-electron chi connectivity index (χ3n) is 7.78. The van der Waals surface area contributed by atoms with Gasteiger partial charge in [-0.25, -0.2) is 4.39 Å². The van der Waals surface area contributed by atoms with E-state index in [1.807, 2.05) is 39.8 Å². The summed E-state index contributed by atoms with van der Waals surface area (Å²) in [7, 11) is 0. The van der Waals surface area contributed by atoms with Crippen molar-refractivity contribution < 1.29 is 18.7 Å². The molecule has 3 aromatic rings. The fraction of sp³-hybridized carbons (Fsp3) is 0.448. The third-order valence-corrected chi connectivity index (χ3v) is 7.78. The molecule has 1 saturated heterocycles. The molecule has 0 spiro atoms. The average molecular weight is 492 g/mol. The lowest BCUT2D eigenvalue weighted by Crippen LogP contribution is -2.50. The van der Waals surface area contributed by atoms with Crippen LogP contribution in [-0.2, 0) is 11.3 Å². The van der Waals surface area contributed by atoms with Crippen molar-refractivity contribution in [2.75, 3.05) is 6.54 Å². The normalized spacial score (nSPS) is 21.6. The van der Waals surface area contributed by atoms with Gasteiger partial charge in [0.2, 0.25) is 5.91 Å². The second kappa shape index (κ2) is 10.4. The van der Waals surface area contributed by atoms with Crippen molar-refractivity contribution in [2.24, 2.45) is 11.7 Å². The number of benzene rings is 2. The van der Waals surface area contributed by atoms with E-state index in [1.54, 1.807) is 12.3 Å². The van der Waals surface area contributed by atoms with E-state index in [-0.39, 0.29) is 35.6 Å². The van der Waals surface area contributed by atoms with Crippen LogP contribution in [0.25, 0.3) is 10.9 Å². The number of ether oxygens (including phenoxy) is 1. The van der Waals surface area contributed by atoms with Crippen LogP contribution in [0, 0.1) is 11.7 Å². The van der Waals surface area contributed by atoms with E-state index in [2.05, 4.69) is 0 Å². The minimum atomic E-state index is -0.522. The molecule has 3 atom stereocenters. The number of amides is 1. The molecule has 1 aliphatic carbocycles. The van der Waals surface area contributed by atoms with Gasteiger partial charge in [-0.1, -0.05) is 37.5 Å². The van der Waals surface area contributed by atoms with E-state index in [9.17, 15) is 14.0 Å². The molecule has 1 aliphatic heterocycles. The number of rotatable bonds is 7. The molecule has 6 nitrogen and oxygen atoms in total. The number of carbonyl (C=O) groups excluding carboxylic acids is 2. The fourth-order valence-corrected chi connectivity index (χ4v) is 5.91. The van der Waals surface area contributed by atoms with Gasteiger partial charge in [0.1, 0.15) is 17.7 Å².